The van der Waals surface area contributed by atoms with Gasteiger partial charge in [0, 0.05) is 6.42 Å². The second-order valence-electron chi connectivity index (χ2n) is 4.37. The largest absolute Gasteiger partial charge is 0.295 e. The van der Waals surface area contributed by atoms with Gasteiger partial charge < -0.3 is 0 Å². The molecule has 0 N–H and O–H groups in total. The van der Waals surface area contributed by atoms with Crippen LogP contribution in [0.1, 0.15) is 51.4 Å². The van der Waals surface area contributed by atoms with Gasteiger partial charge in [-0.25, -0.2) is 0 Å². The topological polar surface area (TPSA) is 17.1 Å². The van der Waals surface area contributed by atoms with E-state index in [1.165, 1.54) is 44.1 Å². The summed E-state index contributed by atoms with van der Waals surface area (Å²) in [7, 11) is 0. The Bertz CT molecular complexity index is 219. The van der Waals surface area contributed by atoms with E-state index in [0.29, 0.717) is 5.78 Å². The molecule has 1 saturated carbocycles. The molecule has 0 bridgehead atoms. The maximum absolute atomic E-state index is 11.1. The highest BCUT2D eigenvalue weighted by Crippen LogP contribution is 2.33. The average Bonchev–Trinajstić information content (AvgIpc) is 2.43. The molecule has 0 amide bonds. The van der Waals surface area contributed by atoms with Crippen LogP contribution >= 0.6 is 0 Å². The molecule has 0 aromatic rings. The summed E-state index contributed by atoms with van der Waals surface area (Å²) in [5.41, 5.74) is 1.46. The van der Waals surface area contributed by atoms with Crippen molar-refractivity contribution in [2.24, 2.45) is 5.92 Å². The Hall–Kier alpha value is -0.590. The molecule has 0 aromatic carbocycles. The standard InChI is InChI=1S/C12H18O/c13-12-8-7-11(9-12)10-5-3-1-2-4-6-10/h9-10H,1-8H2. The van der Waals surface area contributed by atoms with Gasteiger partial charge in [-0.05, 0) is 31.3 Å². The summed E-state index contributed by atoms with van der Waals surface area (Å²) in [6, 6.07) is 0. The molecule has 1 heteroatoms. The highest BCUT2D eigenvalue weighted by Gasteiger charge is 2.21. The second kappa shape index (κ2) is 4.08. The SMILES string of the molecule is O=C1C=C(C2CCCCCC2)CC1. The lowest BCUT2D eigenvalue weighted by molar-refractivity contribution is -0.114. The first-order valence-corrected chi connectivity index (χ1v) is 5.59. The number of hydrogen-bond donors (Lipinski definition) is 0. The summed E-state index contributed by atoms with van der Waals surface area (Å²) >= 11 is 0. The van der Waals surface area contributed by atoms with Crippen molar-refractivity contribution in [2.45, 2.75) is 51.4 Å². The van der Waals surface area contributed by atoms with E-state index in [1.54, 1.807) is 0 Å². The van der Waals surface area contributed by atoms with Crippen LogP contribution in [-0.4, -0.2) is 5.78 Å². The number of ketones is 1. The van der Waals surface area contributed by atoms with E-state index in [0.717, 1.165) is 18.8 Å². The molecule has 0 spiro atoms. The first kappa shape index (κ1) is 8.98. The zero-order chi connectivity index (χ0) is 9.10. The minimum Gasteiger partial charge on any atom is -0.295 e. The lowest BCUT2D eigenvalue weighted by Gasteiger charge is -2.14. The van der Waals surface area contributed by atoms with E-state index in [9.17, 15) is 4.79 Å². The van der Waals surface area contributed by atoms with Crippen LogP contribution in [0.3, 0.4) is 0 Å². The molecular formula is C12H18O. The summed E-state index contributed by atoms with van der Waals surface area (Å²) in [6.07, 6.45) is 12.0. The van der Waals surface area contributed by atoms with Crippen LogP contribution in [0.25, 0.3) is 0 Å². The van der Waals surface area contributed by atoms with Crippen molar-refractivity contribution < 1.29 is 4.79 Å². The van der Waals surface area contributed by atoms with Gasteiger partial charge >= 0.3 is 0 Å². The van der Waals surface area contributed by atoms with E-state index in [4.69, 9.17) is 0 Å². The zero-order valence-corrected chi connectivity index (χ0v) is 8.22. The highest BCUT2D eigenvalue weighted by atomic mass is 16.1. The Morgan fingerprint density at radius 2 is 1.69 bits per heavy atom. The smallest absolute Gasteiger partial charge is 0.155 e. The number of rotatable bonds is 1. The summed E-state index contributed by atoms with van der Waals surface area (Å²) in [6.45, 7) is 0. The molecule has 13 heavy (non-hydrogen) atoms. The van der Waals surface area contributed by atoms with Crippen molar-refractivity contribution in [1.82, 2.24) is 0 Å². The van der Waals surface area contributed by atoms with Gasteiger partial charge in [-0.3, -0.25) is 4.79 Å². The highest BCUT2D eigenvalue weighted by molar-refractivity contribution is 5.93. The van der Waals surface area contributed by atoms with Gasteiger partial charge in [-0.15, -0.1) is 0 Å². The predicted molar refractivity (Wildman–Crippen MR) is 53.5 cm³/mol. The van der Waals surface area contributed by atoms with E-state index < -0.39 is 0 Å². The van der Waals surface area contributed by atoms with Crippen LogP contribution in [0.2, 0.25) is 0 Å². The molecule has 1 fully saturated rings. The van der Waals surface area contributed by atoms with Gasteiger partial charge in [0.2, 0.25) is 0 Å². The summed E-state index contributed by atoms with van der Waals surface area (Å²) < 4.78 is 0. The van der Waals surface area contributed by atoms with Gasteiger partial charge in [0.1, 0.15) is 0 Å². The molecule has 0 atom stereocenters. The third-order valence-electron chi connectivity index (χ3n) is 3.39. The van der Waals surface area contributed by atoms with Crippen LogP contribution in [0.15, 0.2) is 11.6 Å². The van der Waals surface area contributed by atoms with Crippen LogP contribution < -0.4 is 0 Å². The van der Waals surface area contributed by atoms with Crippen LogP contribution in [-0.2, 0) is 4.79 Å². The van der Waals surface area contributed by atoms with Crippen LogP contribution in [0.4, 0.5) is 0 Å². The minimum absolute atomic E-state index is 0.360. The molecule has 0 heterocycles. The van der Waals surface area contributed by atoms with Gasteiger partial charge in [-0.1, -0.05) is 31.3 Å². The first-order valence-electron chi connectivity index (χ1n) is 5.59. The van der Waals surface area contributed by atoms with E-state index in [-0.39, 0.29) is 0 Å². The maximum atomic E-state index is 11.1. The van der Waals surface area contributed by atoms with Crippen molar-refractivity contribution in [1.29, 1.82) is 0 Å². The number of carbonyl (C=O) groups excluding carboxylic acids is 1. The number of allylic oxidation sites excluding steroid dienone is 2. The summed E-state index contributed by atoms with van der Waals surface area (Å²) in [5, 5.41) is 0. The number of carbonyl (C=O) groups is 1. The average molecular weight is 178 g/mol. The molecule has 0 aliphatic heterocycles. The molecule has 72 valence electrons. The van der Waals surface area contributed by atoms with Crippen molar-refractivity contribution in [2.75, 3.05) is 0 Å². The van der Waals surface area contributed by atoms with Gasteiger partial charge in [0.05, 0.1) is 0 Å². The molecule has 2 rings (SSSR count). The Morgan fingerprint density at radius 1 is 1.00 bits per heavy atom. The van der Waals surface area contributed by atoms with Gasteiger partial charge in [0.25, 0.3) is 0 Å². The molecule has 0 aromatic heterocycles. The van der Waals surface area contributed by atoms with Crippen molar-refractivity contribution in [3.8, 4) is 0 Å². The Kier molecular flexibility index (Phi) is 2.82. The molecule has 0 unspecified atom stereocenters. The lowest BCUT2D eigenvalue weighted by Crippen LogP contribution is -2.00. The molecule has 1 nitrogen and oxygen atoms in total. The molecular weight excluding hydrogens is 160 g/mol. The third-order valence-corrected chi connectivity index (χ3v) is 3.39. The lowest BCUT2D eigenvalue weighted by atomic mass is 9.91. The van der Waals surface area contributed by atoms with E-state index in [1.807, 2.05) is 6.08 Å². The predicted octanol–water partition coefficient (Wildman–Crippen LogP) is 3.25. The third kappa shape index (κ3) is 2.20. The Balaban J connectivity index is 1.98. The fourth-order valence-electron chi connectivity index (χ4n) is 2.59. The molecule has 0 saturated heterocycles. The van der Waals surface area contributed by atoms with Gasteiger partial charge in [-0.2, -0.15) is 0 Å². The minimum atomic E-state index is 0.360. The van der Waals surface area contributed by atoms with E-state index in [2.05, 4.69) is 0 Å². The first-order chi connectivity index (χ1) is 6.36. The van der Waals surface area contributed by atoms with Crippen LogP contribution in [0.5, 0.6) is 0 Å². The molecule has 2 aliphatic rings. The van der Waals surface area contributed by atoms with Gasteiger partial charge in [0.15, 0.2) is 5.78 Å². The zero-order valence-electron chi connectivity index (χ0n) is 8.22. The van der Waals surface area contributed by atoms with Crippen molar-refractivity contribution in [3.63, 3.8) is 0 Å². The normalized spacial score (nSPS) is 25.8. The summed E-state index contributed by atoms with van der Waals surface area (Å²) in [5.74, 6) is 1.12. The summed E-state index contributed by atoms with van der Waals surface area (Å²) in [4.78, 5) is 11.1. The second-order valence-corrected chi connectivity index (χ2v) is 4.37. The van der Waals surface area contributed by atoms with Crippen molar-refractivity contribution >= 4 is 5.78 Å². The number of hydrogen-bond acceptors (Lipinski definition) is 1. The Morgan fingerprint density at radius 3 is 2.23 bits per heavy atom. The fourth-order valence-corrected chi connectivity index (χ4v) is 2.59. The maximum Gasteiger partial charge on any atom is 0.155 e. The quantitative estimate of drug-likeness (QED) is 0.563. The van der Waals surface area contributed by atoms with Crippen LogP contribution in [0, 0.1) is 5.92 Å². The monoisotopic (exact) mass is 178 g/mol. The molecule has 0 radical (unpaired) electrons. The Labute approximate surface area is 80.2 Å². The fraction of sp³-hybridized carbons (Fsp3) is 0.750. The van der Waals surface area contributed by atoms with Crippen molar-refractivity contribution in [3.05, 3.63) is 11.6 Å². The molecule has 2 aliphatic carbocycles. The van der Waals surface area contributed by atoms with E-state index >= 15 is 0 Å².